The molecule has 0 radical (unpaired) electrons. The molecule has 102 valence electrons. The van der Waals surface area contributed by atoms with Crippen LogP contribution in [0, 0.1) is 0 Å². The number of hydrogen-bond acceptors (Lipinski definition) is 6. The van der Waals surface area contributed by atoms with Crippen molar-refractivity contribution in [2.75, 3.05) is 36.9 Å². The lowest BCUT2D eigenvalue weighted by molar-refractivity contribution is 0.122. The van der Waals surface area contributed by atoms with Gasteiger partial charge in [-0.2, -0.15) is 0 Å². The van der Waals surface area contributed by atoms with Crippen LogP contribution in [0.2, 0.25) is 0 Å². The number of ether oxygens (including phenoxy) is 1. The fourth-order valence-electron chi connectivity index (χ4n) is 2.50. The minimum atomic E-state index is 0.509. The minimum absolute atomic E-state index is 0.509. The van der Waals surface area contributed by atoms with Gasteiger partial charge < -0.3 is 15.4 Å². The van der Waals surface area contributed by atoms with Crippen LogP contribution in [-0.2, 0) is 4.74 Å². The third-order valence-corrected chi connectivity index (χ3v) is 4.68. The van der Waals surface area contributed by atoms with Gasteiger partial charge >= 0.3 is 0 Å². The lowest BCUT2D eigenvalue weighted by Crippen LogP contribution is -2.36. The summed E-state index contributed by atoms with van der Waals surface area (Å²) in [7, 11) is 0. The molecule has 2 N–H and O–H groups in total. The first-order valence-corrected chi connectivity index (χ1v) is 7.42. The van der Waals surface area contributed by atoms with Crippen LogP contribution in [0.4, 0.5) is 10.9 Å². The molecule has 0 amide bonds. The Labute approximate surface area is 120 Å². The Morgan fingerprint density at radius 3 is 2.80 bits per heavy atom. The average molecular weight is 286 g/mol. The molecule has 1 saturated heterocycles. The second kappa shape index (κ2) is 4.57. The van der Waals surface area contributed by atoms with Crippen molar-refractivity contribution >= 4 is 43.4 Å². The molecule has 1 aromatic carbocycles. The van der Waals surface area contributed by atoms with Crippen molar-refractivity contribution in [1.82, 2.24) is 9.97 Å². The van der Waals surface area contributed by atoms with Gasteiger partial charge in [-0.1, -0.05) is 29.5 Å². The van der Waals surface area contributed by atoms with Gasteiger partial charge in [0.05, 0.1) is 23.4 Å². The van der Waals surface area contributed by atoms with Crippen LogP contribution in [0.25, 0.3) is 21.1 Å². The fraction of sp³-hybridized carbons (Fsp3) is 0.286. The Bertz CT molecular complexity index is 779. The van der Waals surface area contributed by atoms with E-state index in [0.717, 1.165) is 52.6 Å². The molecule has 2 aromatic heterocycles. The number of para-hydroxylation sites is 1. The van der Waals surface area contributed by atoms with Gasteiger partial charge in [0.25, 0.3) is 0 Å². The van der Waals surface area contributed by atoms with Gasteiger partial charge in [0.1, 0.15) is 5.52 Å². The summed E-state index contributed by atoms with van der Waals surface area (Å²) in [6.07, 6.45) is 0. The highest BCUT2D eigenvalue weighted by Gasteiger charge is 2.18. The first-order valence-electron chi connectivity index (χ1n) is 6.60. The van der Waals surface area contributed by atoms with E-state index in [-0.39, 0.29) is 0 Å². The van der Waals surface area contributed by atoms with Crippen molar-refractivity contribution in [3.05, 3.63) is 24.3 Å². The van der Waals surface area contributed by atoms with Crippen LogP contribution in [0.15, 0.2) is 24.3 Å². The van der Waals surface area contributed by atoms with Gasteiger partial charge in [-0.25, -0.2) is 9.97 Å². The smallest absolute Gasteiger partial charge is 0.186 e. The zero-order valence-electron chi connectivity index (χ0n) is 10.9. The summed E-state index contributed by atoms with van der Waals surface area (Å²) in [5.41, 5.74) is 7.80. The molecule has 3 aromatic rings. The summed E-state index contributed by atoms with van der Waals surface area (Å²) in [5, 5.41) is 2.13. The van der Waals surface area contributed by atoms with Crippen LogP contribution in [0.1, 0.15) is 0 Å². The molecule has 5 nitrogen and oxygen atoms in total. The number of thiazole rings is 1. The normalized spacial score (nSPS) is 16.1. The van der Waals surface area contributed by atoms with Crippen LogP contribution >= 0.6 is 11.3 Å². The van der Waals surface area contributed by atoms with E-state index in [4.69, 9.17) is 10.5 Å². The first-order chi connectivity index (χ1) is 9.83. The van der Waals surface area contributed by atoms with Gasteiger partial charge in [-0.15, -0.1) is 0 Å². The first kappa shape index (κ1) is 11.9. The van der Waals surface area contributed by atoms with Gasteiger partial charge in [-0.3, -0.25) is 0 Å². The van der Waals surface area contributed by atoms with Crippen LogP contribution < -0.4 is 10.6 Å². The zero-order valence-corrected chi connectivity index (χ0v) is 11.7. The molecule has 0 saturated carbocycles. The van der Waals surface area contributed by atoms with Crippen molar-refractivity contribution in [3.8, 4) is 0 Å². The number of nitrogens with two attached hydrogens (primary N) is 1. The number of aromatic nitrogens is 2. The lowest BCUT2D eigenvalue weighted by Gasteiger charge is -2.25. The molecule has 0 unspecified atom stereocenters. The molecule has 6 heteroatoms. The van der Waals surface area contributed by atoms with Crippen LogP contribution in [-0.4, -0.2) is 36.3 Å². The summed E-state index contributed by atoms with van der Waals surface area (Å²) in [5.74, 6) is 0.509. The third kappa shape index (κ3) is 1.80. The van der Waals surface area contributed by atoms with E-state index in [0.29, 0.717) is 5.82 Å². The molecule has 1 aliphatic rings. The maximum absolute atomic E-state index is 6.06. The Morgan fingerprint density at radius 2 is 1.95 bits per heavy atom. The molecule has 0 bridgehead atoms. The van der Waals surface area contributed by atoms with Crippen molar-refractivity contribution in [3.63, 3.8) is 0 Å². The summed E-state index contributed by atoms with van der Waals surface area (Å²) in [6, 6.07) is 8.06. The zero-order chi connectivity index (χ0) is 13.5. The predicted octanol–water partition coefficient (Wildman–Crippen LogP) is 2.26. The standard InChI is InChI=1S/C14H14N4OS/c15-13-11-12(9-3-1-2-4-10(9)16-13)20-14(17-11)18-5-7-19-8-6-18/h1-4H,5-8H2,(H2,15,16). The fourth-order valence-corrected chi connectivity index (χ4v) is 3.66. The maximum atomic E-state index is 6.06. The SMILES string of the molecule is Nc1nc2ccccc2c2sc(N3CCOCC3)nc12. The van der Waals surface area contributed by atoms with E-state index < -0.39 is 0 Å². The number of pyridine rings is 1. The quantitative estimate of drug-likeness (QED) is 0.743. The maximum Gasteiger partial charge on any atom is 0.186 e. The van der Waals surface area contributed by atoms with Crippen LogP contribution in [0.5, 0.6) is 0 Å². The Kier molecular flexibility index (Phi) is 2.71. The number of benzene rings is 1. The van der Waals surface area contributed by atoms with Gasteiger partial charge in [-0.05, 0) is 6.07 Å². The molecule has 1 aliphatic heterocycles. The van der Waals surface area contributed by atoms with E-state index in [1.165, 1.54) is 0 Å². The number of hydrogen-bond donors (Lipinski definition) is 1. The Morgan fingerprint density at radius 1 is 1.15 bits per heavy atom. The van der Waals surface area contributed by atoms with Crippen molar-refractivity contribution in [2.24, 2.45) is 0 Å². The molecule has 20 heavy (non-hydrogen) atoms. The number of rotatable bonds is 1. The van der Waals surface area contributed by atoms with E-state index >= 15 is 0 Å². The molecule has 0 spiro atoms. The summed E-state index contributed by atoms with van der Waals surface area (Å²) in [4.78, 5) is 11.4. The predicted molar refractivity (Wildman–Crippen MR) is 82.4 cm³/mol. The number of nitrogens with zero attached hydrogens (tertiary/aromatic N) is 3. The summed E-state index contributed by atoms with van der Waals surface area (Å²) < 4.78 is 6.51. The monoisotopic (exact) mass is 286 g/mol. The molecule has 3 heterocycles. The number of fused-ring (bicyclic) bond motifs is 3. The van der Waals surface area contributed by atoms with E-state index in [2.05, 4.69) is 20.9 Å². The average Bonchev–Trinajstić information content (AvgIpc) is 2.94. The molecule has 4 rings (SSSR count). The summed E-state index contributed by atoms with van der Waals surface area (Å²) in [6.45, 7) is 3.27. The van der Waals surface area contributed by atoms with Gasteiger partial charge in [0.2, 0.25) is 0 Å². The van der Waals surface area contributed by atoms with Crippen molar-refractivity contribution < 1.29 is 4.74 Å². The molecule has 0 atom stereocenters. The Hall–Kier alpha value is -1.92. The second-order valence-electron chi connectivity index (χ2n) is 4.79. The number of anilines is 2. The molecule has 0 aliphatic carbocycles. The Balaban J connectivity index is 1.93. The van der Waals surface area contributed by atoms with E-state index in [9.17, 15) is 0 Å². The second-order valence-corrected chi connectivity index (χ2v) is 5.77. The molecule has 1 fully saturated rings. The topological polar surface area (TPSA) is 64.3 Å². The third-order valence-electron chi connectivity index (χ3n) is 3.53. The summed E-state index contributed by atoms with van der Waals surface area (Å²) >= 11 is 1.69. The van der Waals surface area contributed by atoms with Gasteiger partial charge in [0.15, 0.2) is 10.9 Å². The van der Waals surface area contributed by atoms with E-state index in [1.54, 1.807) is 11.3 Å². The number of nitrogen functional groups attached to an aromatic ring is 1. The number of morpholine rings is 1. The van der Waals surface area contributed by atoms with Crippen molar-refractivity contribution in [2.45, 2.75) is 0 Å². The minimum Gasteiger partial charge on any atom is -0.382 e. The van der Waals surface area contributed by atoms with Crippen molar-refractivity contribution in [1.29, 1.82) is 0 Å². The van der Waals surface area contributed by atoms with Crippen LogP contribution in [0.3, 0.4) is 0 Å². The van der Waals surface area contributed by atoms with Gasteiger partial charge in [0, 0.05) is 18.5 Å². The lowest BCUT2D eigenvalue weighted by atomic mass is 10.2. The largest absolute Gasteiger partial charge is 0.382 e. The highest BCUT2D eigenvalue weighted by molar-refractivity contribution is 7.23. The molecular weight excluding hydrogens is 272 g/mol. The highest BCUT2D eigenvalue weighted by Crippen LogP contribution is 2.36. The molecular formula is C14H14N4OS. The van der Waals surface area contributed by atoms with E-state index in [1.807, 2.05) is 18.2 Å². The highest BCUT2D eigenvalue weighted by atomic mass is 32.1.